The Balaban J connectivity index is 2.65. The third kappa shape index (κ3) is 3.29. The molecule has 0 atom stereocenters. The Morgan fingerprint density at radius 3 is 2.29 bits per heavy atom. The molecule has 0 amide bonds. The summed E-state index contributed by atoms with van der Waals surface area (Å²) >= 11 is 4.46. The summed E-state index contributed by atoms with van der Waals surface area (Å²) in [6.45, 7) is 9.06. The van der Waals surface area contributed by atoms with Gasteiger partial charge in [0.05, 0.1) is 11.6 Å². The first-order chi connectivity index (χ1) is 9.81. The lowest BCUT2D eigenvalue weighted by atomic mass is 9.68. The first-order valence-corrected chi connectivity index (χ1v) is 8.64. The fraction of sp³-hybridized carbons (Fsp3) is 0.632. The van der Waals surface area contributed by atoms with Crippen molar-refractivity contribution < 1.29 is 0 Å². The zero-order valence-electron chi connectivity index (χ0n) is 13.8. The first-order valence-electron chi connectivity index (χ1n) is 8.01. The van der Waals surface area contributed by atoms with E-state index < -0.39 is 0 Å². The minimum atomic E-state index is 0.103. The van der Waals surface area contributed by atoms with E-state index in [-0.39, 0.29) is 10.8 Å². The Hall–Kier alpha value is -0.940. The van der Waals surface area contributed by atoms with Gasteiger partial charge in [0.25, 0.3) is 0 Å². The van der Waals surface area contributed by atoms with Crippen LogP contribution in [0, 0.1) is 11.3 Å². The molecule has 1 aliphatic carbocycles. The molecular formula is C19H27NS. The number of hydrogen-bond acceptors (Lipinski definition) is 2. The molecule has 1 aromatic carbocycles. The van der Waals surface area contributed by atoms with Crippen molar-refractivity contribution in [3.05, 3.63) is 34.4 Å². The summed E-state index contributed by atoms with van der Waals surface area (Å²) in [5, 5.41) is 9.69. The smallest absolute Gasteiger partial charge is 0.0997 e. The Labute approximate surface area is 135 Å². The predicted octanol–water partition coefficient (Wildman–Crippen LogP) is 5.51. The van der Waals surface area contributed by atoms with Gasteiger partial charge in [0.2, 0.25) is 0 Å². The van der Waals surface area contributed by atoms with Crippen LogP contribution >= 0.6 is 12.6 Å². The maximum absolute atomic E-state index is 9.69. The average Bonchev–Trinajstić information content (AvgIpc) is 2.45. The summed E-state index contributed by atoms with van der Waals surface area (Å²) in [5.41, 5.74) is 4.82. The highest BCUT2D eigenvalue weighted by molar-refractivity contribution is 7.79. The fourth-order valence-electron chi connectivity index (χ4n) is 3.47. The van der Waals surface area contributed by atoms with Crippen molar-refractivity contribution >= 4 is 12.6 Å². The predicted molar refractivity (Wildman–Crippen MR) is 93.0 cm³/mol. The second-order valence-corrected chi connectivity index (χ2v) is 8.02. The van der Waals surface area contributed by atoms with Gasteiger partial charge < -0.3 is 0 Å². The quantitative estimate of drug-likeness (QED) is 0.716. The highest BCUT2D eigenvalue weighted by atomic mass is 32.1. The fourth-order valence-corrected chi connectivity index (χ4v) is 3.72. The third-order valence-electron chi connectivity index (χ3n) is 4.98. The summed E-state index contributed by atoms with van der Waals surface area (Å²) in [6.07, 6.45) is 6.27. The molecule has 1 nitrogen and oxygen atoms in total. The molecule has 0 spiro atoms. The van der Waals surface area contributed by atoms with Crippen LogP contribution < -0.4 is 0 Å². The molecule has 0 N–H and O–H groups in total. The van der Waals surface area contributed by atoms with Gasteiger partial charge in [0.15, 0.2) is 0 Å². The molecule has 0 heterocycles. The molecule has 1 aromatic rings. The first kappa shape index (κ1) is 16.4. The van der Waals surface area contributed by atoms with Crippen LogP contribution in [0.4, 0.5) is 0 Å². The lowest BCUT2D eigenvalue weighted by Gasteiger charge is -2.36. The molecule has 0 bridgehead atoms. The van der Waals surface area contributed by atoms with Gasteiger partial charge in [-0.05, 0) is 40.4 Å². The van der Waals surface area contributed by atoms with E-state index in [0.29, 0.717) is 5.75 Å². The molecule has 1 fully saturated rings. The topological polar surface area (TPSA) is 23.8 Å². The van der Waals surface area contributed by atoms with Gasteiger partial charge in [-0.1, -0.05) is 59.1 Å². The van der Waals surface area contributed by atoms with Gasteiger partial charge in [0, 0.05) is 5.75 Å². The SMILES string of the molecule is CC(C)(C)c1cc(CS)c(C#N)c(C2(C)CCCCC2)c1. The molecule has 0 unspecified atom stereocenters. The third-order valence-corrected chi connectivity index (χ3v) is 5.32. The lowest BCUT2D eigenvalue weighted by molar-refractivity contribution is 0.318. The summed E-state index contributed by atoms with van der Waals surface area (Å²) in [4.78, 5) is 0. The molecule has 114 valence electrons. The van der Waals surface area contributed by atoms with E-state index in [1.807, 2.05) is 0 Å². The van der Waals surface area contributed by atoms with E-state index in [2.05, 4.69) is 58.5 Å². The van der Waals surface area contributed by atoms with Crippen LogP contribution in [-0.2, 0) is 16.6 Å². The zero-order chi connectivity index (χ0) is 15.7. The Bertz CT molecular complexity index is 554. The van der Waals surface area contributed by atoms with Gasteiger partial charge in [0.1, 0.15) is 0 Å². The van der Waals surface area contributed by atoms with Gasteiger partial charge >= 0.3 is 0 Å². The summed E-state index contributed by atoms with van der Waals surface area (Å²) < 4.78 is 0. The van der Waals surface area contributed by atoms with Crippen molar-refractivity contribution in [2.24, 2.45) is 0 Å². The molecule has 0 radical (unpaired) electrons. The van der Waals surface area contributed by atoms with Crippen LogP contribution in [0.2, 0.25) is 0 Å². The molecular weight excluding hydrogens is 274 g/mol. The maximum atomic E-state index is 9.69. The number of nitriles is 1. The Kier molecular flexibility index (Phi) is 4.73. The van der Waals surface area contributed by atoms with E-state index in [1.54, 1.807) is 0 Å². The molecule has 2 rings (SSSR count). The van der Waals surface area contributed by atoms with Crippen molar-refractivity contribution in [1.82, 2.24) is 0 Å². The van der Waals surface area contributed by atoms with E-state index in [1.165, 1.54) is 43.2 Å². The average molecular weight is 301 g/mol. The van der Waals surface area contributed by atoms with E-state index in [0.717, 1.165) is 11.1 Å². The number of rotatable bonds is 2. The molecule has 21 heavy (non-hydrogen) atoms. The molecule has 2 heteroatoms. The number of hydrogen-bond donors (Lipinski definition) is 1. The second kappa shape index (κ2) is 6.05. The van der Waals surface area contributed by atoms with Crippen molar-refractivity contribution in [2.75, 3.05) is 0 Å². The Morgan fingerprint density at radius 1 is 1.19 bits per heavy atom. The van der Waals surface area contributed by atoms with Crippen LogP contribution in [-0.4, -0.2) is 0 Å². The van der Waals surface area contributed by atoms with Crippen molar-refractivity contribution in [1.29, 1.82) is 5.26 Å². The standard InChI is InChI=1S/C19H27NS/c1-18(2,3)15-10-14(13-21)16(12-20)17(11-15)19(4)8-6-5-7-9-19/h10-11,21H,5-9,13H2,1-4H3. The molecule has 1 aliphatic rings. The highest BCUT2D eigenvalue weighted by Gasteiger charge is 2.33. The molecule has 0 saturated heterocycles. The van der Waals surface area contributed by atoms with Gasteiger partial charge in [-0.15, -0.1) is 0 Å². The summed E-state index contributed by atoms with van der Waals surface area (Å²) in [6, 6.07) is 6.95. The van der Waals surface area contributed by atoms with Crippen molar-refractivity contribution in [2.45, 2.75) is 76.4 Å². The van der Waals surface area contributed by atoms with E-state index >= 15 is 0 Å². The van der Waals surface area contributed by atoms with Crippen molar-refractivity contribution in [3.63, 3.8) is 0 Å². The van der Waals surface area contributed by atoms with Gasteiger partial charge in [-0.3, -0.25) is 0 Å². The Morgan fingerprint density at radius 2 is 1.81 bits per heavy atom. The van der Waals surface area contributed by atoms with Crippen LogP contribution in [0.5, 0.6) is 0 Å². The van der Waals surface area contributed by atoms with Crippen LogP contribution in [0.1, 0.15) is 82.1 Å². The minimum absolute atomic E-state index is 0.103. The molecule has 1 saturated carbocycles. The summed E-state index contributed by atoms with van der Waals surface area (Å²) in [7, 11) is 0. The number of nitrogens with zero attached hydrogens (tertiary/aromatic N) is 1. The van der Waals surface area contributed by atoms with Crippen LogP contribution in [0.15, 0.2) is 12.1 Å². The maximum Gasteiger partial charge on any atom is 0.0997 e. The largest absolute Gasteiger partial charge is 0.192 e. The van der Waals surface area contributed by atoms with E-state index in [9.17, 15) is 5.26 Å². The highest BCUT2D eigenvalue weighted by Crippen LogP contribution is 2.42. The minimum Gasteiger partial charge on any atom is -0.192 e. The lowest BCUT2D eigenvalue weighted by Crippen LogP contribution is -2.27. The molecule has 0 aromatic heterocycles. The zero-order valence-corrected chi connectivity index (χ0v) is 14.7. The second-order valence-electron chi connectivity index (χ2n) is 7.70. The molecule has 0 aliphatic heterocycles. The van der Waals surface area contributed by atoms with Gasteiger partial charge in [-0.25, -0.2) is 0 Å². The van der Waals surface area contributed by atoms with Crippen molar-refractivity contribution in [3.8, 4) is 6.07 Å². The van der Waals surface area contributed by atoms with Gasteiger partial charge in [-0.2, -0.15) is 17.9 Å². The van der Waals surface area contributed by atoms with E-state index in [4.69, 9.17) is 0 Å². The summed E-state index contributed by atoms with van der Waals surface area (Å²) in [5.74, 6) is 0.635. The normalized spacial score (nSPS) is 18.3. The monoisotopic (exact) mass is 301 g/mol. The van der Waals surface area contributed by atoms with Crippen LogP contribution in [0.3, 0.4) is 0 Å². The number of benzene rings is 1. The van der Waals surface area contributed by atoms with Crippen LogP contribution in [0.25, 0.3) is 0 Å². The number of thiol groups is 1.